The van der Waals surface area contributed by atoms with E-state index in [4.69, 9.17) is 9.47 Å². The number of carbonyl (C=O) groups is 5. The number of nitrogens with one attached hydrogen (secondary N) is 2. The molecule has 2 saturated carbocycles. The van der Waals surface area contributed by atoms with Gasteiger partial charge in [-0.15, -0.1) is 6.58 Å². The molecule has 1 aromatic carbocycles. The summed E-state index contributed by atoms with van der Waals surface area (Å²) in [6.45, 7) is 12.4. The quantitative estimate of drug-likeness (QED) is 0.261. The molecule has 1 aliphatic heterocycles. The minimum atomic E-state index is -1.47. The SMILES string of the molecule is C=C[C@@H]1C[C@]1(NC(=O)[C@@H]1C[C@@H](Oc2cc(C(=O)[O-])nc3cc(C)ccc23)CN1C(=O)[C@@H](NC(=O)OC1CCCC1)C(C)(C)C)C(C)=O.[Na+]. The molecule has 1 saturated heterocycles. The van der Waals surface area contributed by atoms with Crippen LogP contribution in [0, 0.1) is 18.3 Å². The van der Waals surface area contributed by atoms with E-state index in [1.807, 2.05) is 13.0 Å². The first-order chi connectivity index (χ1) is 22.1. The molecule has 12 nitrogen and oxygen atoms in total. The second kappa shape index (κ2) is 14.6. The third-order valence-electron chi connectivity index (χ3n) is 9.50. The van der Waals surface area contributed by atoms with E-state index in [1.165, 1.54) is 17.9 Å². The van der Waals surface area contributed by atoms with Crippen LogP contribution in [0.5, 0.6) is 5.75 Å². The minimum Gasteiger partial charge on any atom is -0.543 e. The summed E-state index contributed by atoms with van der Waals surface area (Å²) in [4.78, 5) is 71.2. The molecular formula is C35H43N4NaO8. The van der Waals surface area contributed by atoms with Gasteiger partial charge in [0.15, 0.2) is 5.78 Å². The maximum atomic E-state index is 14.3. The molecule has 252 valence electrons. The van der Waals surface area contributed by atoms with Crippen LogP contribution < -0.4 is 50.0 Å². The van der Waals surface area contributed by atoms with Crippen molar-refractivity contribution in [1.29, 1.82) is 0 Å². The number of ether oxygens (including phenoxy) is 2. The first kappa shape index (κ1) is 37.3. The number of carboxylic acid groups (broad SMARTS) is 1. The summed E-state index contributed by atoms with van der Waals surface area (Å²) >= 11 is 0. The number of carboxylic acids is 1. The molecule has 0 bridgehead atoms. The Labute approximate surface area is 302 Å². The number of rotatable bonds is 10. The summed E-state index contributed by atoms with van der Waals surface area (Å²) in [5.41, 5.74) is -0.914. The van der Waals surface area contributed by atoms with Crippen LogP contribution in [-0.2, 0) is 19.1 Å². The number of carbonyl (C=O) groups excluding carboxylic acids is 5. The molecule has 2 aromatic rings. The number of aromatic nitrogens is 1. The number of Topliss-reactive ketones (excluding diaryl/α,β-unsaturated/α-hetero) is 1. The van der Waals surface area contributed by atoms with Crippen LogP contribution >= 0.6 is 0 Å². The van der Waals surface area contributed by atoms with Crippen LogP contribution in [-0.4, -0.2) is 75.9 Å². The number of alkyl carbamates (subject to hydrolysis) is 1. The van der Waals surface area contributed by atoms with Crippen molar-refractivity contribution >= 4 is 40.6 Å². The Bertz CT molecular complexity index is 1620. The van der Waals surface area contributed by atoms with Crippen molar-refractivity contribution in [2.75, 3.05) is 6.54 Å². The second-order valence-electron chi connectivity index (χ2n) is 14.1. The summed E-state index contributed by atoms with van der Waals surface area (Å²) in [5.74, 6) is -2.74. The van der Waals surface area contributed by atoms with Gasteiger partial charge in [-0.2, -0.15) is 0 Å². The molecule has 13 heteroatoms. The number of benzene rings is 1. The number of fused-ring (bicyclic) bond motifs is 1. The molecule has 3 aliphatic rings. The fourth-order valence-electron chi connectivity index (χ4n) is 6.70. The van der Waals surface area contributed by atoms with Crippen molar-refractivity contribution in [2.45, 2.75) is 103 Å². The maximum Gasteiger partial charge on any atom is 1.00 e. The Hall–Kier alpha value is -3.48. The van der Waals surface area contributed by atoms with Crippen molar-refractivity contribution in [3.05, 3.63) is 48.2 Å². The minimum absolute atomic E-state index is 0. The van der Waals surface area contributed by atoms with Crippen molar-refractivity contribution in [2.24, 2.45) is 11.3 Å². The van der Waals surface area contributed by atoms with Crippen LogP contribution in [0.1, 0.15) is 82.3 Å². The average Bonchev–Trinajstić information content (AvgIpc) is 3.27. The second-order valence-corrected chi connectivity index (χ2v) is 14.1. The smallest absolute Gasteiger partial charge is 0.543 e. The van der Waals surface area contributed by atoms with Crippen LogP contribution in [0.3, 0.4) is 0 Å². The Kier molecular flexibility index (Phi) is 11.3. The standard InChI is InChI=1S/C35H44N4O8.Na/c1-7-21-17-35(21,20(3)40)38-30(41)27-15-23(46-28-16-26(32(43)44)36-25-14-19(2)12-13-24(25)28)18-39(27)31(42)29(34(4,5)6)37-33(45)47-22-10-8-9-11-22;/h7,12-14,16,21-23,27,29H,1,8-11,15,17-18H2,2-6H3,(H,37,45)(H,38,41)(H,43,44);/q;+1/p-1/t21-,23-,27+,29-,35+;/m1./s1. The number of aryl methyl sites for hydroxylation is 1. The van der Waals surface area contributed by atoms with Crippen molar-refractivity contribution in [3.63, 3.8) is 0 Å². The summed E-state index contributed by atoms with van der Waals surface area (Å²) in [6, 6.07) is 4.50. The van der Waals surface area contributed by atoms with Gasteiger partial charge >= 0.3 is 35.7 Å². The predicted octanol–water partition coefficient (Wildman–Crippen LogP) is -0.00758. The number of likely N-dealkylation sites (tertiary alicyclic amines) is 1. The molecule has 3 amide bonds. The number of hydrogen-bond acceptors (Lipinski definition) is 9. The Morgan fingerprint density at radius 3 is 2.40 bits per heavy atom. The monoisotopic (exact) mass is 670 g/mol. The van der Waals surface area contributed by atoms with Gasteiger partial charge in [-0.3, -0.25) is 14.4 Å². The maximum absolute atomic E-state index is 14.3. The van der Waals surface area contributed by atoms with E-state index in [0.29, 0.717) is 17.3 Å². The van der Waals surface area contributed by atoms with Crippen LogP contribution in [0.15, 0.2) is 36.9 Å². The van der Waals surface area contributed by atoms with Gasteiger partial charge in [-0.1, -0.05) is 32.9 Å². The van der Waals surface area contributed by atoms with Gasteiger partial charge in [0.25, 0.3) is 0 Å². The van der Waals surface area contributed by atoms with Crippen LogP contribution in [0.25, 0.3) is 10.9 Å². The van der Waals surface area contributed by atoms with Gasteiger partial charge in [-0.25, -0.2) is 9.78 Å². The molecule has 0 unspecified atom stereocenters. The molecule has 48 heavy (non-hydrogen) atoms. The molecule has 0 radical (unpaired) electrons. The van der Waals surface area contributed by atoms with E-state index in [2.05, 4.69) is 22.2 Å². The van der Waals surface area contributed by atoms with Gasteiger partial charge in [0.2, 0.25) is 11.8 Å². The molecule has 2 N–H and O–H groups in total. The zero-order valence-corrected chi connectivity index (χ0v) is 30.6. The molecule has 5 rings (SSSR count). The number of ketones is 1. The van der Waals surface area contributed by atoms with E-state index in [0.717, 1.165) is 31.2 Å². The number of amides is 3. The first-order valence-corrected chi connectivity index (χ1v) is 16.2. The summed E-state index contributed by atoms with van der Waals surface area (Å²) in [6.07, 6.45) is 3.90. The first-order valence-electron chi connectivity index (χ1n) is 16.2. The largest absolute Gasteiger partial charge is 1.00 e. The molecule has 1 aromatic heterocycles. The van der Waals surface area contributed by atoms with E-state index in [1.54, 1.807) is 39.0 Å². The van der Waals surface area contributed by atoms with Crippen LogP contribution in [0.2, 0.25) is 0 Å². The van der Waals surface area contributed by atoms with Crippen molar-refractivity contribution in [3.8, 4) is 5.75 Å². The van der Waals surface area contributed by atoms with Crippen molar-refractivity contribution < 1.29 is 68.1 Å². The molecular weight excluding hydrogens is 627 g/mol. The van der Waals surface area contributed by atoms with Gasteiger partial charge in [0.1, 0.15) is 35.6 Å². The van der Waals surface area contributed by atoms with Gasteiger partial charge in [-0.05, 0) is 69.1 Å². The van der Waals surface area contributed by atoms with Crippen LogP contribution in [0.4, 0.5) is 4.79 Å². The summed E-state index contributed by atoms with van der Waals surface area (Å²) in [5, 5.41) is 18.0. The van der Waals surface area contributed by atoms with E-state index in [9.17, 15) is 29.1 Å². The van der Waals surface area contributed by atoms with E-state index < -0.39 is 53.0 Å². The van der Waals surface area contributed by atoms with E-state index in [-0.39, 0.29) is 71.8 Å². The fourth-order valence-corrected chi connectivity index (χ4v) is 6.70. The third-order valence-corrected chi connectivity index (χ3v) is 9.50. The molecule has 2 heterocycles. The molecule has 5 atom stereocenters. The van der Waals surface area contributed by atoms with Gasteiger partial charge in [0, 0.05) is 23.8 Å². The zero-order chi connectivity index (χ0) is 34.3. The Morgan fingerprint density at radius 1 is 1.12 bits per heavy atom. The Morgan fingerprint density at radius 2 is 1.81 bits per heavy atom. The topological polar surface area (TPSA) is 167 Å². The predicted molar refractivity (Wildman–Crippen MR) is 170 cm³/mol. The van der Waals surface area contributed by atoms with Gasteiger partial charge < -0.3 is 34.9 Å². The third kappa shape index (κ3) is 7.87. The van der Waals surface area contributed by atoms with E-state index >= 15 is 0 Å². The summed E-state index contributed by atoms with van der Waals surface area (Å²) in [7, 11) is 0. The summed E-state index contributed by atoms with van der Waals surface area (Å²) < 4.78 is 11.9. The number of pyridine rings is 1. The molecule has 0 spiro atoms. The number of nitrogens with zero attached hydrogens (tertiary/aromatic N) is 2. The normalized spacial score (nSPS) is 24.3. The van der Waals surface area contributed by atoms with Gasteiger partial charge in [0.05, 0.1) is 23.7 Å². The van der Waals surface area contributed by atoms with Crippen molar-refractivity contribution in [1.82, 2.24) is 20.5 Å². The molecule has 2 aliphatic carbocycles. The average molecular weight is 671 g/mol. The molecule has 3 fully saturated rings. The Balaban J connectivity index is 0.00000520. The number of aromatic carboxylic acids is 1. The fraction of sp³-hybridized carbons (Fsp3) is 0.543. The zero-order valence-electron chi connectivity index (χ0n) is 28.6. The number of hydrogen-bond donors (Lipinski definition) is 2.